The molecule has 0 aliphatic carbocycles. The Morgan fingerprint density at radius 3 is 2.46 bits per heavy atom. The molecule has 0 saturated heterocycles. The topological polar surface area (TPSA) is 43.1 Å². The van der Waals surface area contributed by atoms with Crippen molar-refractivity contribution in [3.63, 3.8) is 0 Å². The van der Waals surface area contributed by atoms with Gasteiger partial charge in [-0.3, -0.25) is 4.98 Å². The molecule has 0 aliphatic heterocycles. The third-order valence-corrected chi connectivity index (χ3v) is 4.40. The van der Waals surface area contributed by atoms with Crippen LogP contribution in [0.4, 0.5) is 0 Å². The number of fused-ring (bicyclic) bond motifs is 1. The molecule has 1 aromatic carbocycles. The molecule has 0 unspecified atom stereocenters. The van der Waals surface area contributed by atoms with E-state index < -0.39 is 0 Å². The van der Waals surface area contributed by atoms with Gasteiger partial charge in [0.2, 0.25) is 0 Å². The lowest BCUT2D eigenvalue weighted by molar-refractivity contribution is 0.942. The third kappa shape index (κ3) is 2.27. The SMILES string of the molecule is Cc1ccc(C)c(-c2cnc3c(-c4cnccc4C)ccnn23)c1. The first-order valence-corrected chi connectivity index (χ1v) is 7.96. The van der Waals surface area contributed by atoms with Crippen LogP contribution in [0.25, 0.3) is 28.0 Å². The van der Waals surface area contributed by atoms with Gasteiger partial charge < -0.3 is 0 Å². The highest BCUT2D eigenvalue weighted by atomic mass is 15.3. The van der Waals surface area contributed by atoms with E-state index in [1.165, 1.54) is 16.7 Å². The molecule has 4 heteroatoms. The standard InChI is InChI=1S/C20H18N4/c1-13-4-5-14(2)17(10-13)19-12-22-20-16(7-9-23-24(19)20)18-11-21-8-6-15(18)3/h4-12H,1-3H3. The largest absolute Gasteiger partial charge is 0.264 e. The van der Waals surface area contributed by atoms with Gasteiger partial charge in [0.15, 0.2) is 5.65 Å². The van der Waals surface area contributed by atoms with Crippen molar-refractivity contribution in [2.45, 2.75) is 20.8 Å². The lowest BCUT2D eigenvalue weighted by atomic mass is 10.0. The van der Waals surface area contributed by atoms with Gasteiger partial charge in [-0.15, -0.1) is 0 Å². The summed E-state index contributed by atoms with van der Waals surface area (Å²) in [5.41, 5.74) is 8.77. The average molecular weight is 314 g/mol. The van der Waals surface area contributed by atoms with E-state index in [4.69, 9.17) is 0 Å². The Morgan fingerprint density at radius 2 is 1.62 bits per heavy atom. The molecule has 0 aliphatic rings. The number of pyridine rings is 1. The van der Waals surface area contributed by atoms with E-state index >= 15 is 0 Å². The van der Waals surface area contributed by atoms with Crippen molar-refractivity contribution < 1.29 is 0 Å². The summed E-state index contributed by atoms with van der Waals surface area (Å²) in [7, 11) is 0. The van der Waals surface area contributed by atoms with Gasteiger partial charge in [0.1, 0.15) is 0 Å². The van der Waals surface area contributed by atoms with E-state index in [0.717, 1.165) is 28.0 Å². The third-order valence-electron chi connectivity index (χ3n) is 4.40. The minimum atomic E-state index is 0.851. The zero-order chi connectivity index (χ0) is 16.7. The van der Waals surface area contributed by atoms with Crippen LogP contribution < -0.4 is 0 Å². The summed E-state index contributed by atoms with van der Waals surface area (Å²) >= 11 is 0. The Morgan fingerprint density at radius 1 is 0.792 bits per heavy atom. The molecule has 4 nitrogen and oxygen atoms in total. The maximum atomic E-state index is 4.66. The maximum absolute atomic E-state index is 4.66. The van der Waals surface area contributed by atoms with Crippen molar-refractivity contribution in [1.29, 1.82) is 0 Å². The number of nitrogens with zero attached hydrogens (tertiary/aromatic N) is 4. The summed E-state index contributed by atoms with van der Waals surface area (Å²) in [5, 5.41) is 4.54. The number of rotatable bonds is 2. The van der Waals surface area contributed by atoms with Crippen molar-refractivity contribution in [3.8, 4) is 22.4 Å². The Bertz CT molecular complexity index is 1050. The number of hydrogen-bond acceptors (Lipinski definition) is 3. The van der Waals surface area contributed by atoms with Crippen LogP contribution in [-0.4, -0.2) is 19.6 Å². The van der Waals surface area contributed by atoms with Crippen LogP contribution in [0.15, 0.2) is 55.1 Å². The van der Waals surface area contributed by atoms with Gasteiger partial charge in [0, 0.05) is 35.3 Å². The number of aryl methyl sites for hydroxylation is 3. The highest BCUT2D eigenvalue weighted by Crippen LogP contribution is 2.30. The van der Waals surface area contributed by atoms with Crippen molar-refractivity contribution in [3.05, 3.63) is 71.8 Å². The highest BCUT2D eigenvalue weighted by Gasteiger charge is 2.14. The number of imidazole rings is 1. The summed E-state index contributed by atoms with van der Waals surface area (Å²) in [4.78, 5) is 8.92. The molecule has 3 heterocycles. The lowest BCUT2D eigenvalue weighted by Gasteiger charge is -2.09. The van der Waals surface area contributed by atoms with E-state index in [1.807, 2.05) is 41.4 Å². The van der Waals surface area contributed by atoms with Crippen molar-refractivity contribution in [1.82, 2.24) is 19.6 Å². The molecule has 0 N–H and O–H groups in total. The van der Waals surface area contributed by atoms with Gasteiger partial charge in [0.05, 0.1) is 11.9 Å². The highest BCUT2D eigenvalue weighted by molar-refractivity contribution is 5.81. The summed E-state index contributed by atoms with van der Waals surface area (Å²) in [5.74, 6) is 0. The summed E-state index contributed by atoms with van der Waals surface area (Å²) < 4.78 is 1.92. The smallest absolute Gasteiger partial charge is 0.162 e. The zero-order valence-electron chi connectivity index (χ0n) is 14.0. The van der Waals surface area contributed by atoms with Gasteiger partial charge in [-0.2, -0.15) is 5.10 Å². The molecular formula is C20H18N4. The second-order valence-electron chi connectivity index (χ2n) is 6.13. The van der Waals surface area contributed by atoms with Crippen molar-refractivity contribution in [2.24, 2.45) is 0 Å². The molecule has 0 fully saturated rings. The predicted molar refractivity (Wildman–Crippen MR) is 95.9 cm³/mol. The second kappa shape index (κ2) is 5.57. The molecule has 0 saturated carbocycles. The van der Waals surface area contributed by atoms with Crippen LogP contribution >= 0.6 is 0 Å². The summed E-state index contributed by atoms with van der Waals surface area (Å²) in [6.45, 7) is 6.30. The van der Waals surface area contributed by atoms with E-state index in [-0.39, 0.29) is 0 Å². The van der Waals surface area contributed by atoms with Crippen LogP contribution in [0.1, 0.15) is 16.7 Å². The summed E-state index contributed by atoms with van der Waals surface area (Å²) in [6, 6.07) is 10.5. The Kier molecular flexibility index (Phi) is 3.38. The second-order valence-corrected chi connectivity index (χ2v) is 6.13. The van der Waals surface area contributed by atoms with Gasteiger partial charge in [0.25, 0.3) is 0 Å². The molecule has 0 amide bonds. The molecular weight excluding hydrogens is 296 g/mol. The van der Waals surface area contributed by atoms with Crippen LogP contribution in [0.2, 0.25) is 0 Å². The fourth-order valence-electron chi connectivity index (χ4n) is 3.05. The number of hydrogen-bond donors (Lipinski definition) is 0. The monoisotopic (exact) mass is 314 g/mol. The number of aromatic nitrogens is 4. The fourth-order valence-corrected chi connectivity index (χ4v) is 3.05. The molecule has 3 aromatic heterocycles. The van der Waals surface area contributed by atoms with Crippen LogP contribution in [-0.2, 0) is 0 Å². The summed E-state index contributed by atoms with van der Waals surface area (Å²) in [6.07, 6.45) is 7.42. The van der Waals surface area contributed by atoms with E-state index in [2.05, 4.69) is 54.0 Å². The molecule has 0 radical (unpaired) electrons. The quantitative estimate of drug-likeness (QED) is 0.551. The molecule has 4 rings (SSSR count). The fraction of sp³-hybridized carbons (Fsp3) is 0.150. The van der Waals surface area contributed by atoms with Gasteiger partial charge >= 0.3 is 0 Å². The molecule has 0 atom stereocenters. The Labute approximate surface area is 140 Å². The molecule has 4 aromatic rings. The van der Waals surface area contributed by atoms with Gasteiger partial charge in [-0.05, 0) is 50.1 Å². The predicted octanol–water partition coefficient (Wildman–Crippen LogP) is 4.38. The lowest BCUT2D eigenvalue weighted by Crippen LogP contribution is -1.97. The Balaban J connectivity index is 1.98. The van der Waals surface area contributed by atoms with Crippen LogP contribution in [0, 0.1) is 20.8 Å². The maximum Gasteiger partial charge on any atom is 0.162 e. The van der Waals surface area contributed by atoms with E-state index in [1.54, 1.807) is 0 Å². The van der Waals surface area contributed by atoms with Crippen molar-refractivity contribution >= 4 is 5.65 Å². The zero-order valence-corrected chi connectivity index (χ0v) is 14.0. The average Bonchev–Trinajstić information content (AvgIpc) is 3.01. The van der Waals surface area contributed by atoms with Crippen LogP contribution in [0.5, 0.6) is 0 Å². The van der Waals surface area contributed by atoms with E-state index in [9.17, 15) is 0 Å². The normalized spacial score (nSPS) is 11.1. The minimum absolute atomic E-state index is 0.851. The molecule has 0 spiro atoms. The number of benzene rings is 1. The Hall–Kier alpha value is -3.01. The van der Waals surface area contributed by atoms with Crippen molar-refractivity contribution in [2.75, 3.05) is 0 Å². The molecule has 118 valence electrons. The molecule has 0 bridgehead atoms. The first-order valence-electron chi connectivity index (χ1n) is 7.96. The first kappa shape index (κ1) is 14.6. The van der Waals surface area contributed by atoms with Gasteiger partial charge in [-0.1, -0.05) is 17.7 Å². The molecule has 24 heavy (non-hydrogen) atoms. The van der Waals surface area contributed by atoms with Gasteiger partial charge in [-0.25, -0.2) is 9.50 Å². The first-order chi connectivity index (χ1) is 11.6. The van der Waals surface area contributed by atoms with Crippen LogP contribution in [0.3, 0.4) is 0 Å². The minimum Gasteiger partial charge on any atom is -0.264 e. The van der Waals surface area contributed by atoms with E-state index in [0.29, 0.717) is 0 Å².